The normalized spacial score (nSPS) is 14.8. The third-order valence-corrected chi connectivity index (χ3v) is 4.21. The second kappa shape index (κ2) is 5.63. The number of benzene rings is 1. The molecule has 0 aliphatic heterocycles. The molecule has 0 bridgehead atoms. The van der Waals surface area contributed by atoms with Crippen molar-refractivity contribution in [1.82, 2.24) is 9.78 Å². The Morgan fingerprint density at radius 2 is 2.04 bits per heavy atom. The summed E-state index contributed by atoms with van der Waals surface area (Å²) in [5.41, 5.74) is 0.564. The SMILES string of the molecule is Cc1c(C(=S)Oc2cc(C3CC3)nn2C)cccc1C(F)(F)F. The Bertz CT molecular complexity index is 763. The molecule has 1 heterocycles. The molecule has 3 rings (SSSR count). The Labute approximate surface area is 137 Å². The molecule has 7 heteroatoms. The van der Waals surface area contributed by atoms with Gasteiger partial charge in [-0.1, -0.05) is 12.1 Å². The molecule has 1 aromatic carbocycles. The summed E-state index contributed by atoms with van der Waals surface area (Å²) >= 11 is 5.19. The van der Waals surface area contributed by atoms with Gasteiger partial charge in [-0.15, -0.1) is 0 Å². The first-order chi connectivity index (χ1) is 10.8. The molecule has 0 radical (unpaired) electrons. The maximum Gasteiger partial charge on any atom is 0.416 e. The smallest absolute Gasteiger partial charge is 0.416 e. The first-order valence-electron chi connectivity index (χ1n) is 7.20. The lowest BCUT2D eigenvalue weighted by molar-refractivity contribution is -0.138. The van der Waals surface area contributed by atoms with Gasteiger partial charge in [0.05, 0.1) is 11.3 Å². The Balaban J connectivity index is 1.86. The van der Waals surface area contributed by atoms with Crippen LogP contribution in [0.2, 0.25) is 0 Å². The summed E-state index contributed by atoms with van der Waals surface area (Å²) in [6, 6.07) is 5.70. The molecular weight excluding hydrogens is 325 g/mol. The molecule has 0 atom stereocenters. The number of ether oxygens (including phenoxy) is 1. The number of rotatable bonds is 3. The van der Waals surface area contributed by atoms with E-state index in [1.165, 1.54) is 19.1 Å². The fraction of sp³-hybridized carbons (Fsp3) is 0.375. The van der Waals surface area contributed by atoms with Crippen molar-refractivity contribution in [2.75, 3.05) is 0 Å². The number of alkyl halides is 3. The van der Waals surface area contributed by atoms with E-state index in [4.69, 9.17) is 17.0 Å². The van der Waals surface area contributed by atoms with Crippen molar-refractivity contribution in [2.24, 2.45) is 7.05 Å². The summed E-state index contributed by atoms with van der Waals surface area (Å²) in [4.78, 5) is 0. The zero-order valence-corrected chi connectivity index (χ0v) is 13.5. The van der Waals surface area contributed by atoms with Crippen LogP contribution in [0, 0.1) is 6.92 Å². The molecule has 1 aliphatic rings. The molecule has 23 heavy (non-hydrogen) atoms. The van der Waals surface area contributed by atoms with Crippen LogP contribution in [-0.4, -0.2) is 14.8 Å². The van der Waals surface area contributed by atoms with Crippen LogP contribution in [0.25, 0.3) is 0 Å². The van der Waals surface area contributed by atoms with E-state index in [9.17, 15) is 13.2 Å². The predicted octanol–water partition coefficient (Wildman–Crippen LogP) is 4.38. The summed E-state index contributed by atoms with van der Waals surface area (Å²) in [6.45, 7) is 1.40. The minimum Gasteiger partial charge on any atom is -0.427 e. The topological polar surface area (TPSA) is 27.1 Å². The molecule has 2 aromatic rings. The lowest BCUT2D eigenvalue weighted by Gasteiger charge is -2.14. The van der Waals surface area contributed by atoms with Gasteiger partial charge in [-0.25, -0.2) is 4.68 Å². The van der Waals surface area contributed by atoms with Gasteiger partial charge in [0.15, 0.2) is 5.05 Å². The van der Waals surface area contributed by atoms with Crippen LogP contribution < -0.4 is 4.74 Å². The van der Waals surface area contributed by atoms with E-state index in [-0.39, 0.29) is 16.2 Å². The number of aromatic nitrogens is 2. The van der Waals surface area contributed by atoms with Crippen molar-refractivity contribution in [3.63, 3.8) is 0 Å². The van der Waals surface area contributed by atoms with Gasteiger partial charge in [-0.2, -0.15) is 18.3 Å². The zero-order valence-electron chi connectivity index (χ0n) is 12.6. The number of hydrogen-bond donors (Lipinski definition) is 0. The van der Waals surface area contributed by atoms with E-state index in [1.54, 1.807) is 17.8 Å². The van der Waals surface area contributed by atoms with Gasteiger partial charge in [0.25, 0.3) is 0 Å². The summed E-state index contributed by atoms with van der Waals surface area (Å²) in [5, 5.41) is 4.36. The van der Waals surface area contributed by atoms with E-state index >= 15 is 0 Å². The highest BCUT2D eigenvalue weighted by molar-refractivity contribution is 7.80. The highest BCUT2D eigenvalue weighted by Crippen LogP contribution is 2.40. The fourth-order valence-electron chi connectivity index (χ4n) is 2.46. The van der Waals surface area contributed by atoms with Crippen LogP contribution in [-0.2, 0) is 13.2 Å². The van der Waals surface area contributed by atoms with Crippen LogP contribution in [0.15, 0.2) is 24.3 Å². The monoisotopic (exact) mass is 340 g/mol. The molecule has 0 N–H and O–H groups in total. The third-order valence-electron chi connectivity index (χ3n) is 3.91. The first kappa shape index (κ1) is 16.0. The molecule has 1 fully saturated rings. The van der Waals surface area contributed by atoms with Crippen LogP contribution in [0.4, 0.5) is 13.2 Å². The van der Waals surface area contributed by atoms with E-state index in [0.717, 1.165) is 24.6 Å². The van der Waals surface area contributed by atoms with Crippen LogP contribution in [0.1, 0.15) is 41.1 Å². The lowest BCUT2D eigenvalue weighted by Crippen LogP contribution is -2.15. The molecule has 1 aromatic heterocycles. The Morgan fingerprint density at radius 3 is 2.65 bits per heavy atom. The standard InChI is InChI=1S/C16H15F3N2OS/c1-9-11(4-3-5-12(9)16(17,18)19)15(23)22-14-8-13(10-6-7-10)20-21(14)2/h3-5,8,10H,6-7H2,1-2H3. The lowest BCUT2D eigenvalue weighted by atomic mass is 10.0. The van der Waals surface area contributed by atoms with E-state index < -0.39 is 11.7 Å². The number of hydrogen-bond acceptors (Lipinski definition) is 3. The maximum atomic E-state index is 13.0. The van der Waals surface area contributed by atoms with E-state index in [0.29, 0.717) is 11.8 Å². The van der Waals surface area contributed by atoms with Crippen molar-refractivity contribution in [2.45, 2.75) is 31.9 Å². The Hall–Kier alpha value is -1.89. The molecule has 0 spiro atoms. The van der Waals surface area contributed by atoms with Gasteiger partial charge in [0.1, 0.15) is 0 Å². The number of halogens is 3. The van der Waals surface area contributed by atoms with Gasteiger partial charge in [0, 0.05) is 24.6 Å². The number of nitrogens with zero attached hydrogens (tertiary/aromatic N) is 2. The van der Waals surface area contributed by atoms with E-state index in [2.05, 4.69) is 5.10 Å². The van der Waals surface area contributed by atoms with Gasteiger partial charge in [-0.3, -0.25) is 0 Å². The fourth-order valence-corrected chi connectivity index (χ4v) is 2.77. The predicted molar refractivity (Wildman–Crippen MR) is 83.7 cm³/mol. The van der Waals surface area contributed by atoms with Gasteiger partial charge in [-0.05, 0) is 43.6 Å². The van der Waals surface area contributed by atoms with Crippen molar-refractivity contribution < 1.29 is 17.9 Å². The van der Waals surface area contributed by atoms with Crippen molar-refractivity contribution in [3.05, 3.63) is 46.6 Å². The maximum absolute atomic E-state index is 13.0. The van der Waals surface area contributed by atoms with Crippen LogP contribution in [0.3, 0.4) is 0 Å². The molecule has 1 saturated carbocycles. The molecule has 0 saturated heterocycles. The van der Waals surface area contributed by atoms with Crippen molar-refractivity contribution >= 4 is 17.3 Å². The van der Waals surface area contributed by atoms with Crippen LogP contribution in [0.5, 0.6) is 5.88 Å². The second-order valence-electron chi connectivity index (χ2n) is 5.67. The minimum atomic E-state index is -4.42. The Morgan fingerprint density at radius 1 is 1.35 bits per heavy atom. The van der Waals surface area contributed by atoms with Crippen molar-refractivity contribution in [3.8, 4) is 5.88 Å². The molecule has 122 valence electrons. The average molecular weight is 340 g/mol. The molecular formula is C16H15F3N2OS. The molecule has 0 amide bonds. The summed E-state index contributed by atoms with van der Waals surface area (Å²) in [7, 11) is 1.73. The quantitative estimate of drug-likeness (QED) is 0.776. The Kier molecular flexibility index (Phi) is 3.91. The zero-order chi connectivity index (χ0) is 16.8. The first-order valence-corrected chi connectivity index (χ1v) is 7.61. The summed E-state index contributed by atoms with van der Waals surface area (Å²) < 4.78 is 46.1. The molecule has 3 nitrogen and oxygen atoms in total. The van der Waals surface area contributed by atoms with Gasteiger partial charge >= 0.3 is 6.18 Å². The number of thiocarbonyl (C=S) groups is 1. The van der Waals surface area contributed by atoms with Crippen molar-refractivity contribution in [1.29, 1.82) is 0 Å². The third kappa shape index (κ3) is 3.24. The minimum absolute atomic E-state index is 0.0129. The second-order valence-corrected chi connectivity index (χ2v) is 6.04. The van der Waals surface area contributed by atoms with Crippen LogP contribution >= 0.6 is 12.2 Å². The number of aryl methyl sites for hydroxylation is 1. The molecule has 0 unspecified atom stereocenters. The molecule has 1 aliphatic carbocycles. The largest absolute Gasteiger partial charge is 0.427 e. The van der Waals surface area contributed by atoms with E-state index in [1.807, 2.05) is 0 Å². The summed E-state index contributed by atoms with van der Waals surface area (Å²) in [5.74, 6) is 0.899. The average Bonchev–Trinajstić information content (AvgIpc) is 3.23. The van der Waals surface area contributed by atoms with Gasteiger partial charge < -0.3 is 4.74 Å². The summed E-state index contributed by atoms with van der Waals surface area (Å²) in [6.07, 6.45) is -2.21. The highest BCUT2D eigenvalue weighted by Gasteiger charge is 2.33. The highest BCUT2D eigenvalue weighted by atomic mass is 32.1. The van der Waals surface area contributed by atoms with Gasteiger partial charge in [0.2, 0.25) is 5.88 Å².